The molecule has 0 fully saturated rings. The summed E-state index contributed by atoms with van der Waals surface area (Å²) in [6.45, 7) is 2.03. The third kappa shape index (κ3) is 4.61. The summed E-state index contributed by atoms with van der Waals surface area (Å²) in [5.41, 5.74) is 0.973. The molecule has 25 heavy (non-hydrogen) atoms. The molecule has 1 aliphatic rings. The second-order valence-corrected chi connectivity index (χ2v) is 7.81. The molecule has 2 N–H and O–H groups in total. The maximum absolute atomic E-state index is 12.6. The number of halogens is 1. The molecule has 2 amide bonds. The highest BCUT2D eigenvalue weighted by Crippen LogP contribution is 2.34. The lowest BCUT2D eigenvalue weighted by atomic mass is 10.00. The van der Waals surface area contributed by atoms with Gasteiger partial charge >= 0.3 is 0 Å². The molecule has 0 aliphatic carbocycles. The Kier molecular flexibility index (Phi) is 5.75. The van der Waals surface area contributed by atoms with E-state index in [2.05, 4.69) is 26.6 Å². The normalized spacial score (nSPS) is 17.1. The van der Waals surface area contributed by atoms with Crippen LogP contribution in [0.25, 0.3) is 0 Å². The molecule has 5 nitrogen and oxygen atoms in total. The first-order valence-electron chi connectivity index (χ1n) is 8.05. The third-order valence-electron chi connectivity index (χ3n) is 4.00. The predicted octanol–water partition coefficient (Wildman–Crippen LogP) is 3.72. The molecule has 3 rings (SSSR count). The number of thiophene rings is 1. The molecule has 0 saturated heterocycles. The van der Waals surface area contributed by atoms with E-state index in [9.17, 15) is 9.59 Å². The average molecular weight is 423 g/mol. The molecule has 2 heterocycles. The summed E-state index contributed by atoms with van der Waals surface area (Å²) in [6, 6.07) is 9.26. The van der Waals surface area contributed by atoms with Crippen LogP contribution in [0.15, 0.2) is 40.2 Å². The fourth-order valence-corrected chi connectivity index (χ4v) is 4.07. The first-order valence-corrected chi connectivity index (χ1v) is 9.72. The fourth-order valence-electron chi connectivity index (χ4n) is 2.91. The molecule has 2 unspecified atom stereocenters. The van der Waals surface area contributed by atoms with Gasteiger partial charge in [0.15, 0.2) is 0 Å². The molecule has 0 spiro atoms. The number of hydrogen-bond donors (Lipinski definition) is 2. The number of rotatable bonds is 5. The quantitative estimate of drug-likeness (QED) is 0.771. The lowest BCUT2D eigenvalue weighted by Crippen LogP contribution is -2.35. The first kappa shape index (κ1) is 17.9. The molecule has 2 aromatic rings. The zero-order valence-electron chi connectivity index (χ0n) is 13.8. The average Bonchev–Trinajstić information content (AvgIpc) is 3.09. The largest absolute Gasteiger partial charge is 0.493 e. The Balaban J connectivity index is 1.70. The Morgan fingerprint density at radius 3 is 2.96 bits per heavy atom. The molecule has 0 radical (unpaired) electrons. The van der Waals surface area contributed by atoms with Crippen LogP contribution in [0.5, 0.6) is 5.75 Å². The molecule has 2 atom stereocenters. The maximum atomic E-state index is 12.6. The minimum atomic E-state index is -0.306. The minimum absolute atomic E-state index is 0.0879. The standard InChI is InChI=1S/C18H19BrN2O3S/c1-11(22)20-15(17-3-2-8-25-17)10-18(23)21-14-6-7-24-16-5-4-12(19)9-13(14)16/h2-5,8-9,14-15H,6-7,10H2,1H3,(H,20,22)(H,21,23). The second kappa shape index (κ2) is 8.01. The summed E-state index contributed by atoms with van der Waals surface area (Å²) >= 11 is 4.99. The SMILES string of the molecule is CC(=O)NC(CC(=O)NC1CCOc2ccc(Br)cc21)c1cccs1. The van der Waals surface area contributed by atoms with Gasteiger partial charge in [-0.25, -0.2) is 0 Å². The van der Waals surface area contributed by atoms with Gasteiger partial charge in [-0.15, -0.1) is 11.3 Å². The Bertz CT molecular complexity index is 764. The molecule has 132 valence electrons. The van der Waals surface area contributed by atoms with Gasteiger partial charge in [0.2, 0.25) is 11.8 Å². The van der Waals surface area contributed by atoms with Gasteiger partial charge in [0, 0.05) is 28.3 Å². The fraction of sp³-hybridized carbons (Fsp3) is 0.333. The topological polar surface area (TPSA) is 67.4 Å². The van der Waals surface area contributed by atoms with Crippen LogP contribution in [-0.4, -0.2) is 18.4 Å². The molecule has 1 aromatic carbocycles. The van der Waals surface area contributed by atoms with Crippen LogP contribution in [0.1, 0.15) is 42.3 Å². The van der Waals surface area contributed by atoms with Crippen LogP contribution in [0, 0.1) is 0 Å². The number of amides is 2. The zero-order chi connectivity index (χ0) is 17.8. The number of carbonyl (C=O) groups is 2. The molecular formula is C18H19BrN2O3S. The summed E-state index contributed by atoms with van der Waals surface area (Å²) in [5, 5.41) is 7.88. The van der Waals surface area contributed by atoms with Crippen molar-refractivity contribution < 1.29 is 14.3 Å². The monoisotopic (exact) mass is 422 g/mol. The minimum Gasteiger partial charge on any atom is -0.493 e. The predicted molar refractivity (Wildman–Crippen MR) is 101 cm³/mol. The number of hydrogen-bond acceptors (Lipinski definition) is 4. The van der Waals surface area contributed by atoms with Crippen LogP contribution in [-0.2, 0) is 9.59 Å². The molecule has 1 aromatic heterocycles. The maximum Gasteiger partial charge on any atom is 0.222 e. The van der Waals surface area contributed by atoms with Crippen molar-refractivity contribution in [3.05, 3.63) is 50.6 Å². The summed E-state index contributed by atoms with van der Waals surface area (Å²) in [7, 11) is 0. The third-order valence-corrected chi connectivity index (χ3v) is 5.48. The van der Waals surface area contributed by atoms with E-state index in [1.165, 1.54) is 18.3 Å². The van der Waals surface area contributed by atoms with Crippen molar-refractivity contribution in [2.45, 2.75) is 31.8 Å². The van der Waals surface area contributed by atoms with Gasteiger partial charge in [-0.1, -0.05) is 22.0 Å². The molecule has 0 saturated carbocycles. The highest BCUT2D eigenvalue weighted by molar-refractivity contribution is 9.10. The van der Waals surface area contributed by atoms with E-state index in [0.717, 1.165) is 27.1 Å². The summed E-state index contributed by atoms with van der Waals surface area (Å²) in [4.78, 5) is 25.0. The van der Waals surface area contributed by atoms with Crippen LogP contribution < -0.4 is 15.4 Å². The van der Waals surface area contributed by atoms with Crippen molar-refractivity contribution >= 4 is 39.1 Å². The highest BCUT2D eigenvalue weighted by atomic mass is 79.9. The number of benzene rings is 1. The van der Waals surface area contributed by atoms with Gasteiger partial charge in [0.25, 0.3) is 0 Å². The number of nitrogens with one attached hydrogen (secondary N) is 2. The lowest BCUT2D eigenvalue weighted by molar-refractivity contribution is -0.123. The first-order chi connectivity index (χ1) is 12.0. The van der Waals surface area contributed by atoms with Gasteiger partial charge < -0.3 is 15.4 Å². The second-order valence-electron chi connectivity index (χ2n) is 5.91. The van der Waals surface area contributed by atoms with Crippen molar-refractivity contribution in [1.29, 1.82) is 0 Å². The molecular weight excluding hydrogens is 404 g/mol. The van der Waals surface area contributed by atoms with Crippen LogP contribution in [0.3, 0.4) is 0 Å². The number of fused-ring (bicyclic) bond motifs is 1. The van der Waals surface area contributed by atoms with Crippen LogP contribution in [0.4, 0.5) is 0 Å². The molecule has 1 aliphatic heterocycles. The smallest absolute Gasteiger partial charge is 0.222 e. The van der Waals surface area contributed by atoms with Gasteiger partial charge in [0.1, 0.15) is 5.75 Å². The van der Waals surface area contributed by atoms with Crippen molar-refractivity contribution in [3.8, 4) is 5.75 Å². The van der Waals surface area contributed by atoms with Gasteiger partial charge in [-0.3, -0.25) is 9.59 Å². The summed E-state index contributed by atoms with van der Waals surface area (Å²) in [5.74, 6) is 0.563. The Morgan fingerprint density at radius 2 is 2.24 bits per heavy atom. The van der Waals surface area contributed by atoms with E-state index in [-0.39, 0.29) is 30.3 Å². The molecule has 7 heteroatoms. The van der Waals surface area contributed by atoms with Crippen molar-refractivity contribution in [1.82, 2.24) is 10.6 Å². The Hall–Kier alpha value is -1.86. The van der Waals surface area contributed by atoms with Gasteiger partial charge in [-0.05, 0) is 29.6 Å². The Morgan fingerprint density at radius 1 is 1.40 bits per heavy atom. The zero-order valence-corrected chi connectivity index (χ0v) is 16.2. The number of carbonyl (C=O) groups excluding carboxylic acids is 2. The van der Waals surface area contributed by atoms with E-state index < -0.39 is 0 Å². The summed E-state index contributed by atoms with van der Waals surface area (Å²) < 4.78 is 6.61. The van der Waals surface area contributed by atoms with E-state index in [1.54, 1.807) is 0 Å². The van der Waals surface area contributed by atoms with E-state index in [4.69, 9.17) is 4.74 Å². The van der Waals surface area contributed by atoms with E-state index >= 15 is 0 Å². The van der Waals surface area contributed by atoms with Crippen LogP contribution >= 0.6 is 27.3 Å². The lowest BCUT2D eigenvalue weighted by Gasteiger charge is -2.27. The van der Waals surface area contributed by atoms with E-state index in [1.807, 2.05) is 35.7 Å². The van der Waals surface area contributed by atoms with Gasteiger partial charge in [-0.2, -0.15) is 0 Å². The van der Waals surface area contributed by atoms with Crippen molar-refractivity contribution in [2.75, 3.05) is 6.61 Å². The van der Waals surface area contributed by atoms with E-state index in [0.29, 0.717) is 6.61 Å². The Labute approximate surface area is 158 Å². The highest BCUT2D eigenvalue weighted by Gasteiger charge is 2.25. The van der Waals surface area contributed by atoms with Crippen LogP contribution in [0.2, 0.25) is 0 Å². The van der Waals surface area contributed by atoms with Gasteiger partial charge in [0.05, 0.1) is 25.1 Å². The number of ether oxygens (including phenoxy) is 1. The summed E-state index contributed by atoms with van der Waals surface area (Å²) in [6.07, 6.45) is 0.930. The van der Waals surface area contributed by atoms with Crippen molar-refractivity contribution in [3.63, 3.8) is 0 Å². The van der Waals surface area contributed by atoms with Crippen molar-refractivity contribution in [2.24, 2.45) is 0 Å². The molecule has 0 bridgehead atoms.